The van der Waals surface area contributed by atoms with Crippen molar-refractivity contribution in [3.8, 4) is 5.75 Å². The van der Waals surface area contributed by atoms with Crippen LogP contribution in [-0.2, 0) is 35.2 Å². The lowest BCUT2D eigenvalue weighted by molar-refractivity contribution is -0.140. The Morgan fingerprint density at radius 2 is 1.63 bits per heavy atom. The molecule has 320 valence electrons. The summed E-state index contributed by atoms with van der Waals surface area (Å²) in [6, 6.07) is -1.05. The molecular formula is C36H49N11O11S. The van der Waals surface area contributed by atoms with Crippen LogP contribution in [0.3, 0.4) is 0 Å². The number of phenols is 1. The summed E-state index contributed by atoms with van der Waals surface area (Å²) in [6.07, 6.45) is 2.00. The zero-order valence-corrected chi connectivity index (χ0v) is 33.1. The maximum absolute atomic E-state index is 14.1. The van der Waals surface area contributed by atoms with E-state index >= 15 is 0 Å². The van der Waals surface area contributed by atoms with E-state index in [0.29, 0.717) is 23.4 Å². The number of carbonyl (C=O) groups excluding carboxylic acids is 6. The van der Waals surface area contributed by atoms with E-state index < -0.39 is 77.7 Å². The maximum Gasteiger partial charge on any atom is 0.326 e. The lowest BCUT2D eigenvalue weighted by Crippen LogP contribution is -2.54. The van der Waals surface area contributed by atoms with Gasteiger partial charge in [0.1, 0.15) is 46.3 Å². The Bertz CT molecular complexity index is 1930. The highest BCUT2D eigenvalue weighted by atomic mass is 32.1. The van der Waals surface area contributed by atoms with Gasteiger partial charge in [-0.25, -0.2) is 19.4 Å². The van der Waals surface area contributed by atoms with Gasteiger partial charge in [-0.2, -0.15) is 0 Å². The predicted octanol–water partition coefficient (Wildman–Crippen LogP) is -1.10. The van der Waals surface area contributed by atoms with E-state index in [2.05, 4.69) is 36.6 Å². The van der Waals surface area contributed by atoms with Crippen LogP contribution < -0.4 is 43.8 Å². The molecule has 0 radical (unpaired) electrons. The van der Waals surface area contributed by atoms with Gasteiger partial charge in [0.15, 0.2) is 5.96 Å². The van der Waals surface area contributed by atoms with Gasteiger partial charge in [-0.05, 0) is 63.6 Å². The number of likely N-dealkylation sites (tertiary alicyclic amines) is 1. The minimum atomic E-state index is -1.39. The van der Waals surface area contributed by atoms with E-state index in [4.69, 9.17) is 17.2 Å². The van der Waals surface area contributed by atoms with Crippen LogP contribution in [0.1, 0.15) is 79.5 Å². The normalized spacial score (nSPS) is 15.7. The Balaban J connectivity index is 1.68. The second-order valence-electron chi connectivity index (χ2n) is 13.4. The van der Waals surface area contributed by atoms with Gasteiger partial charge >= 0.3 is 18.0 Å². The zero-order valence-electron chi connectivity index (χ0n) is 32.3. The number of benzene rings is 1. The molecule has 14 N–H and O–H groups in total. The van der Waals surface area contributed by atoms with Crippen LogP contribution in [0.15, 0.2) is 46.4 Å². The van der Waals surface area contributed by atoms with Gasteiger partial charge in [0.25, 0.3) is 11.8 Å². The van der Waals surface area contributed by atoms with Gasteiger partial charge in [-0.15, -0.1) is 11.3 Å². The molecule has 0 unspecified atom stereocenters. The highest BCUT2D eigenvalue weighted by molar-refractivity contribution is 7.09. The van der Waals surface area contributed by atoms with Gasteiger partial charge in [0.2, 0.25) is 17.7 Å². The second-order valence-corrected chi connectivity index (χ2v) is 14.3. The maximum atomic E-state index is 14.1. The van der Waals surface area contributed by atoms with Crippen molar-refractivity contribution in [2.45, 2.75) is 89.0 Å². The number of aliphatic imine (C=N–C) groups is 1. The first-order valence-electron chi connectivity index (χ1n) is 18.4. The van der Waals surface area contributed by atoms with Crippen LogP contribution in [-0.4, -0.2) is 116 Å². The summed E-state index contributed by atoms with van der Waals surface area (Å²) >= 11 is 1.08. The summed E-state index contributed by atoms with van der Waals surface area (Å²) in [7, 11) is 0. The van der Waals surface area contributed by atoms with E-state index in [-0.39, 0.29) is 68.3 Å². The summed E-state index contributed by atoms with van der Waals surface area (Å²) in [6.45, 7) is 3.19. The number of aromatic nitrogens is 1. The fraction of sp³-hybridized carbons (Fsp3) is 0.444. The molecule has 1 aromatic carbocycles. The first kappa shape index (κ1) is 46.6. The molecule has 5 atom stereocenters. The smallest absolute Gasteiger partial charge is 0.326 e. The Morgan fingerprint density at radius 3 is 2.24 bits per heavy atom. The lowest BCUT2D eigenvalue weighted by atomic mass is 10.1. The van der Waals surface area contributed by atoms with Crippen LogP contribution in [0.2, 0.25) is 0 Å². The van der Waals surface area contributed by atoms with Crippen molar-refractivity contribution in [2.75, 3.05) is 13.1 Å². The van der Waals surface area contributed by atoms with Crippen LogP contribution in [0, 0.1) is 0 Å². The number of primary amides is 1. The third-order valence-electron chi connectivity index (χ3n) is 8.92. The average molecular weight is 844 g/mol. The van der Waals surface area contributed by atoms with E-state index in [1.807, 2.05) is 0 Å². The Morgan fingerprint density at radius 1 is 0.949 bits per heavy atom. The molecule has 1 aliphatic heterocycles. The topological polar surface area (TPSA) is 364 Å². The number of carboxylic acid groups (broad SMARTS) is 2. The summed E-state index contributed by atoms with van der Waals surface area (Å²) in [5.41, 5.74) is 16.1. The first-order valence-corrected chi connectivity index (χ1v) is 19.3. The first-order chi connectivity index (χ1) is 27.9. The predicted molar refractivity (Wildman–Crippen MR) is 211 cm³/mol. The molecule has 2 heterocycles. The molecule has 1 saturated heterocycles. The monoisotopic (exact) mass is 843 g/mol. The molecule has 1 aromatic heterocycles. The van der Waals surface area contributed by atoms with Crippen LogP contribution in [0.25, 0.3) is 0 Å². The number of carboxylic acids is 2. The number of hydrogen-bond acceptors (Lipinski definition) is 12. The van der Waals surface area contributed by atoms with Gasteiger partial charge in [-0.1, -0.05) is 18.2 Å². The van der Waals surface area contributed by atoms with Crippen molar-refractivity contribution in [3.63, 3.8) is 0 Å². The van der Waals surface area contributed by atoms with E-state index in [1.165, 1.54) is 54.5 Å². The number of phenolic OH excluding ortho intramolecular Hbond substituents is 1. The Labute approximate surface area is 342 Å². The number of guanidine groups is 1. The number of nitrogens with two attached hydrogens (primary N) is 3. The fourth-order valence-corrected chi connectivity index (χ4v) is 6.80. The van der Waals surface area contributed by atoms with Gasteiger partial charge in [0, 0.05) is 31.3 Å². The molecule has 0 saturated carbocycles. The second kappa shape index (κ2) is 22.2. The molecule has 2 aromatic rings. The summed E-state index contributed by atoms with van der Waals surface area (Å²) < 4.78 is 0. The number of nitrogens with zero attached hydrogens (tertiary/aromatic N) is 3. The molecule has 0 aliphatic carbocycles. The van der Waals surface area contributed by atoms with Crippen LogP contribution in [0.5, 0.6) is 5.75 Å². The number of rotatable bonds is 21. The highest BCUT2D eigenvalue weighted by Crippen LogP contribution is 2.34. The highest BCUT2D eigenvalue weighted by Gasteiger charge is 2.37. The minimum Gasteiger partial charge on any atom is -0.508 e. The van der Waals surface area contributed by atoms with Crippen LogP contribution >= 0.6 is 11.3 Å². The number of nitrogens with one attached hydrogen (secondary N) is 5. The number of aromatic hydroxyl groups is 1. The molecule has 23 heteroatoms. The van der Waals surface area contributed by atoms with Gasteiger partial charge in [-0.3, -0.25) is 29.0 Å². The molecule has 0 bridgehead atoms. The average Bonchev–Trinajstić information content (AvgIpc) is 3.87. The standard InChI is InChI=1S/C36H49N11O11S/c1-3-21(45-36(58)46-24(34(56)57)16-19-8-10-20(48)11-9-19)29(51)41-18(2)28(50)42-22(6-4-14-40-35(38)39)32(53)47-15-5-7-26(47)31-44-25(17-59-31)30(52)43-23(33(54)55)12-13-27(37)49/h3,8-11,17-18,22-24,26,48H,4-7,12-16H2,1-2H3,(H2,37,49)(H,41,51)(H,42,50)(H,43,52)(H,54,55)(H,56,57)(H4,38,39,40)(H2,45,46,58)/b21-3-/t18-,22-,23-,24-,26-/m0/s1. The third kappa shape index (κ3) is 14.6. The molecule has 7 amide bonds. The fourth-order valence-electron chi connectivity index (χ4n) is 5.85. The van der Waals surface area contributed by atoms with Crippen molar-refractivity contribution in [3.05, 3.63) is 57.7 Å². The summed E-state index contributed by atoms with van der Waals surface area (Å²) in [5, 5.41) is 42.4. The molecule has 22 nitrogen and oxygen atoms in total. The molecule has 1 aliphatic rings. The third-order valence-corrected chi connectivity index (χ3v) is 9.87. The van der Waals surface area contributed by atoms with E-state index in [0.717, 1.165) is 11.3 Å². The molecular weight excluding hydrogens is 795 g/mol. The lowest BCUT2D eigenvalue weighted by Gasteiger charge is -2.29. The zero-order chi connectivity index (χ0) is 43.8. The van der Waals surface area contributed by atoms with Crippen molar-refractivity contribution < 1.29 is 53.7 Å². The number of amides is 7. The number of allylic oxidation sites excluding steroid dienone is 1. The Kier molecular flexibility index (Phi) is 17.6. The van der Waals surface area contributed by atoms with Crippen molar-refractivity contribution in [2.24, 2.45) is 22.2 Å². The number of urea groups is 1. The van der Waals surface area contributed by atoms with Gasteiger partial charge < -0.3 is 64.0 Å². The van der Waals surface area contributed by atoms with Gasteiger partial charge in [0.05, 0.1) is 6.04 Å². The SMILES string of the molecule is C/C=C(\NC(=O)N[C@@H](Cc1ccc(O)cc1)C(=O)O)C(=O)N[C@@H](C)C(=O)N[C@@H](CCCN=C(N)N)C(=O)N1CCC[C@H]1c1nc(C(=O)N[C@@H](CCC(N)=O)C(=O)O)cs1. The van der Waals surface area contributed by atoms with Crippen molar-refractivity contribution in [1.29, 1.82) is 0 Å². The summed E-state index contributed by atoms with van der Waals surface area (Å²) in [5.74, 6) is -6.57. The number of carbonyl (C=O) groups is 8. The number of hydrogen-bond donors (Lipinski definition) is 11. The molecule has 59 heavy (non-hydrogen) atoms. The number of aliphatic carboxylic acids is 2. The molecule has 1 fully saturated rings. The quantitative estimate of drug-likeness (QED) is 0.0308. The van der Waals surface area contributed by atoms with E-state index in [9.17, 15) is 53.7 Å². The molecule has 0 spiro atoms. The Hall–Kier alpha value is -6.78. The largest absolute Gasteiger partial charge is 0.508 e. The molecule has 3 rings (SSSR count). The summed E-state index contributed by atoms with van der Waals surface area (Å²) in [4.78, 5) is 111. The number of thiazole rings is 1. The van der Waals surface area contributed by atoms with Crippen molar-refractivity contribution in [1.82, 2.24) is 36.5 Å². The minimum absolute atomic E-state index is 0.0222. The van der Waals surface area contributed by atoms with Crippen LogP contribution in [0.4, 0.5) is 4.79 Å². The van der Waals surface area contributed by atoms with E-state index in [1.54, 1.807) is 0 Å². The van der Waals surface area contributed by atoms with Crippen molar-refractivity contribution >= 4 is 64.8 Å².